The van der Waals surface area contributed by atoms with Crippen molar-refractivity contribution in [3.8, 4) is 0 Å². The number of nitrogens with two attached hydrogens (primary N) is 1. The van der Waals surface area contributed by atoms with Crippen molar-refractivity contribution < 1.29 is 4.79 Å². The summed E-state index contributed by atoms with van der Waals surface area (Å²) in [5, 5.41) is 9.06. The highest BCUT2D eigenvalue weighted by atomic mass is 35.5. The van der Waals surface area contributed by atoms with E-state index in [4.69, 9.17) is 17.3 Å². The number of allylic oxidation sites excluding steroid dienone is 1. The molecule has 1 heterocycles. The summed E-state index contributed by atoms with van der Waals surface area (Å²) >= 11 is 7.56. The van der Waals surface area contributed by atoms with Gasteiger partial charge in [0.15, 0.2) is 5.78 Å². The maximum absolute atomic E-state index is 11.3. The van der Waals surface area contributed by atoms with Gasteiger partial charge < -0.3 is 16.4 Å². The van der Waals surface area contributed by atoms with E-state index in [-0.39, 0.29) is 5.78 Å². The zero-order valence-corrected chi connectivity index (χ0v) is 15.9. The molecule has 0 radical (unpaired) electrons. The number of benzene rings is 1. The lowest BCUT2D eigenvalue weighted by Crippen LogP contribution is -2.46. The SMILES string of the molecule is CC(=O)c1cc(N=CC(=CN)NC(C)(C)Nc2ccccc2Cl)cs1. The minimum absolute atomic E-state index is 0.0317. The van der Waals surface area contributed by atoms with Crippen LogP contribution < -0.4 is 16.4 Å². The van der Waals surface area contributed by atoms with E-state index in [1.165, 1.54) is 24.5 Å². The molecule has 0 saturated heterocycles. The largest absolute Gasteiger partial charge is 0.403 e. The van der Waals surface area contributed by atoms with Gasteiger partial charge in [0.2, 0.25) is 0 Å². The van der Waals surface area contributed by atoms with Crippen molar-refractivity contribution in [2.24, 2.45) is 10.7 Å². The topological polar surface area (TPSA) is 79.5 Å². The van der Waals surface area contributed by atoms with Gasteiger partial charge in [0.1, 0.15) is 5.66 Å². The molecule has 0 bridgehead atoms. The van der Waals surface area contributed by atoms with Gasteiger partial charge in [-0.25, -0.2) is 0 Å². The predicted octanol–water partition coefficient (Wildman–Crippen LogP) is 4.54. The summed E-state index contributed by atoms with van der Waals surface area (Å²) in [5.74, 6) is 0.0317. The second kappa shape index (κ2) is 8.18. The van der Waals surface area contributed by atoms with Gasteiger partial charge in [-0.1, -0.05) is 23.7 Å². The first kappa shape index (κ1) is 19.0. The molecule has 1 aromatic carbocycles. The van der Waals surface area contributed by atoms with E-state index in [1.54, 1.807) is 12.3 Å². The van der Waals surface area contributed by atoms with E-state index in [0.29, 0.717) is 21.3 Å². The summed E-state index contributed by atoms with van der Waals surface area (Å²) in [4.78, 5) is 16.4. The summed E-state index contributed by atoms with van der Waals surface area (Å²) in [5.41, 5.74) is 7.36. The van der Waals surface area contributed by atoms with Gasteiger partial charge in [-0.05, 0) is 39.0 Å². The number of carbonyl (C=O) groups is 1. The zero-order chi connectivity index (χ0) is 18.4. The third-order valence-electron chi connectivity index (χ3n) is 3.24. The number of aliphatic imine (C=N–C) groups is 1. The fourth-order valence-electron chi connectivity index (χ4n) is 2.13. The van der Waals surface area contributed by atoms with E-state index >= 15 is 0 Å². The molecule has 0 unspecified atom stereocenters. The molecule has 1 aromatic heterocycles. The molecule has 4 N–H and O–H groups in total. The summed E-state index contributed by atoms with van der Waals surface area (Å²) in [7, 11) is 0. The molecular formula is C18H21ClN4OS. The van der Waals surface area contributed by atoms with Crippen LogP contribution in [0.15, 0.2) is 52.6 Å². The van der Waals surface area contributed by atoms with E-state index in [2.05, 4.69) is 15.6 Å². The molecule has 5 nitrogen and oxygen atoms in total. The maximum atomic E-state index is 11.3. The van der Waals surface area contributed by atoms with Gasteiger partial charge in [0, 0.05) is 11.6 Å². The maximum Gasteiger partial charge on any atom is 0.169 e. The van der Waals surface area contributed by atoms with E-state index in [9.17, 15) is 4.79 Å². The van der Waals surface area contributed by atoms with Crippen LogP contribution in [0.4, 0.5) is 11.4 Å². The molecule has 2 aromatic rings. The van der Waals surface area contributed by atoms with Crippen molar-refractivity contribution >= 4 is 46.3 Å². The second-order valence-electron chi connectivity index (χ2n) is 5.96. The highest BCUT2D eigenvalue weighted by Crippen LogP contribution is 2.24. The van der Waals surface area contributed by atoms with E-state index in [1.807, 2.05) is 43.5 Å². The highest BCUT2D eigenvalue weighted by molar-refractivity contribution is 7.12. The Bertz CT molecular complexity index is 811. The minimum Gasteiger partial charge on any atom is -0.403 e. The summed E-state index contributed by atoms with van der Waals surface area (Å²) < 4.78 is 0. The molecule has 0 amide bonds. The molecule has 25 heavy (non-hydrogen) atoms. The standard InChI is InChI=1S/C18H21ClN4OS/c1-12(24)17-8-13(11-25-17)21-10-14(9-20)22-18(2,3)23-16-7-5-4-6-15(16)19/h4-11,22-23H,20H2,1-3H3. The Balaban J connectivity index is 2.06. The Hall–Kier alpha value is -2.31. The second-order valence-corrected chi connectivity index (χ2v) is 7.28. The Morgan fingerprint density at radius 1 is 1.36 bits per heavy atom. The molecular weight excluding hydrogens is 356 g/mol. The number of hydrogen-bond acceptors (Lipinski definition) is 6. The summed E-state index contributed by atoms with van der Waals surface area (Å²) in [6.07, 6.45) is 3.07. The van der Waals surface area contributed by atoms with Gasteiger partial charge in [-0.15, -0.1) is 11.3 Å². The van der Waals surface area contributed by atoms with Crippen molar-refractivity contribution in [1.82, 2.24) is 5.32 Å². The van der Waals surface area contributed by atoms with Crippen molar-refractivity contribution in [3.05, 3.63) is 57.5 Å². The number of thiophene rings is 1. The smallest absolute Gasteiger partial charge is 0.169 e. The molecule has 0 aliphatic heterocycles. The Morgan fingerprint density at radius 2 is 2.08 bits per heavy atom. The quantitative estimate of drug-likeness (QED) is 0.376. The Morgan fingerprint density at radius 3 is 2.68 bits per heavy atom. The normalized spacial score (nSPS) is 12.4. The molecule has 0 aliphatic rings. The van der Waals surface area contributed by atoms with E-state index < -0.39 is 5.66 Å². The molecule has 7 heteroatoms. The predicted molar refractivity (Wildman–Crippen MR) is 107 cm³/mol. The molecule has 0 aliphatic carbocycles. The number of anilines is 1. The van der Waals surface area contributed by atoms with Crippen LogP contribution in [0, 0.1) is 0 Å². The number of Topliss-reactive ketones (excluding diaryl/α,β-unsaturated/α-hetero) is 1. The number of halogens is 1. The highest BCUT2D eigenvalue weighted by Gasteiger charge is 2.18. The van der Waals surface area contributed by atoms with Crippen LogP contribution in [0.2, 0.25) is 5.02 Å². The number of carbonyl (C=O) groups excluding carboxylic acids is 1. The van der Waals surface area contributed by atoms with Crippen LogP contribution in [0.25, 0.3) is 0 Å². The monoisotopic (exact) mass is 376 g/mol. The molecule has 0 spiro atoms. The average Bonchev–Trinajstić information content (AvgIpc) is 3.02. The Labute approximate surface area is 156 Å². The lowest BCUT2D eigenvalue weighted by atomic mass is 10.2. The Kier molecular flexibility index (Phi) is 6.22. The molecule has 0 saturated carbocycles. The number of ketones is 1. The summed E-state index contributed by atoms with van der Waals surface area (Å²) in [6.45, 7) is 5.47. The summed E-state index contributed by atoms with van der Waals surface area (Å²) in [6, 6.07) is 9.27. The van der Waals surface area contributed by atoms with Crippen LogP contribution in [-0.2, 0) is 0 Å². The number of para-hydroxylation sites is 1. The van der Waals surface area contributed by atoms with Gasteiger partial charge in [-0.3, -0.25) is 9.79 Å². The molecule has 132 valence electrons. The first-order valence-corrected chi connectivity index (χ1v) is 8.93. The van der Waals surface area contributed by atoms with Gasteiger partial charge in [0.05, 0.1) is 33.2 Å². The van der Waals surface area contributed by atoms with Crippen LogP contribution in [0.3, 0.4) is 0 Å². The van der Waals surface area contributed by atoms with E-state index in [0.717, 1.165) is 5.69 Å². The zero-order valence-electron chi connectivity index (χ0n) is 14.3. The first-order chi connectivity index (χ1) is 11.8. The van der Waals surface area contributed by atoms with Gasteiger partial charge in [-0.2, -0.15) is 0 Å². The van der Waals surface area contributed by atoms with Crippen LogP contribution >= 0.6 is 22.9 Å². The number of nitrogens with zero attached hydrogens (tertiary/aromatic N) is 1. The fraction of sp³-hybridized carbons (Fsp3) is 0.222. The number of rotatable bonds is 7. The first-order valence-electron chi connectivity index (χ1n) is 7.67. The van der Waals surface area contributed by atoms with Crippen LogP contribution in [0.1, 0.15) is 30.4 Å². The third-order valence-corrected chi connectivity index (χ3v) is 4.59. The number of hydrogen-bond donors (Lipinski definition) is 3. The fourth-order valence-corrected chi connectivity index (χ4v) is 3.05. The van der Waals surface area contributed by atoms with Crippen molar-refractivity contribution in [1.29, 1.82) is 0 Å². The average molecular weight is 377 g/mol. The van der Waals surface area contributed by atoms with Crippen molar-refractivity contribution in [2.75, 3.05) is 5.32 Å². The lowest BCUT2D eigenvalue weighted by molar-refractivity contribution is 0.102. The van der Waals surface area contributed by atoms with Crippen LogP contribution in [-0.4, -0.2) is 17.7 Å². The molecule has 0 fully saturated rings. The van der Waals surface area contributed by atoms with Gasteiger partial charge in [0.25, 0.3) is 0 Å². The minimum atomic E-state index is -0.512. The lowest BCUT2D eigenvalue weighted by Gasteiger charge is -2.30. The third kappa shape index (κ3) is 5.62. The number of nitrogens with one attached hydrogen (secondary N) is 2. The molecule has 0 atom stereocenters. The van der Waals surface area contributed by atoms with Crippen molar-refractivity contribution in [3.63, 3.8) is 0 Å². The van der Waals surface area contributed by atoms with Crippen molar-refractivity contribution in [2.45, 2.75) is 26.4 Å². The van der Waals surface area contributed by atoms with Gasteiger partial charge >= 0.3 is 0 Å². The van der Waals surface area contributed by atoms with Crippen LogP contribution in [0.5, 0.6) is 0 Å². The molecule has 2 rings (SSSR count).